The summed E-state index contributed by atoms with van der Waals surface area (Å²) in [5, 5.41) is 0.991. The number of H-pyrrole nitrogens is 1. The maximum atomic E-state index is 12.7. The van der Waals surface area contributed by atoms with Gasteiger partial charge in [0.25, 0.3) is 5.91 Å². The van der Waals surface area contributed by atoms with Crippen molar-refractivity contribution in [3.63, 3.8) is 0 Å². The third kappa shape index (κ3) is 2.25. The lowest BCUT2D eigenvalue weighted by molar-refractivity contribution is 0.0780. The van der Waals surface area contributed by atoms with Gasteiger partial charge in [0, 0.05) is 30.0 Å². The van der Waals surface area contributed by atoms with Gasteiger partial charge in [-0.2, -0.15) is 0 Å². The number of hydrogen-bond donors (Lipinski definition) is 2. The Bertz CT molecular complexity index is 720. The second-order valence-corrected chi connectivity index (χ2v) is 6.51. The molecule has 2 fully saturated rings. The highest BCUT2D eigenvalue weighted by atomic mass is 16.5. The first-order chi connectivity index (χ1) is 10.7. The molecule has 116 valence electrons. The summed E-state index contributed by atoms with van der Waals surface area (Å²) in [4.78, 5) is 17.8. The number of fused-ring (bicyclic) bond motifs is 1. The van der Waals surface area contributed by atoms with Gasteiger partial charge in [0.2, 0.25) is 0 Å². The number of hydrogen-bond acceptors (Lipinski definition) is 3. The molecule has 2 atom stereocenters. The number of carbonyl (C=O) groups is 1. The summed E-state index contributed by atoms with van der Waals surface area (Å²) < 4.78 is 5.23. The lowest BCUT2D eigenvalue weighted by Crippen LogP contribution is -2.32. The number of methoxy groups -OCH3 is 1. The second kappa shape index (κ2) is 5.02. The van der Waals surface area contributed by atoms with Crippen LogP contribution >= 0.6 is 0 Å². The molecule has 0 bridgehead atoms. The third-order valence-electron chi connectivity index (χ3n) is 4.99. The van der Waals surface area contributed by atoms with Gasteiger partial charge in [-0.15, -0.1) is 0 Å². The number of nitrogens with zero attached hydrogens (tertiary/aromatic N) is 1. The van der Waals surface area contributed by atoms with E-state index in [1.807, 2.05) is 29.2 Å². The summed E-state index contributed by atoms with van der Waals surface area (Å²) in [7, 11) is 1.64. The van der Waals surface area contributed by atoms with Crippen LogP contribution in [0, 0.1) is 11.8 Å². The number of rotatable bonds is 3. The summed E-state index contributed by atoms with van der Waals surface area (Å²) in [6, 6.07) is 7.79. The molecule has 22 heavy (non-hydrogen) atoms. The lowest BCUT2D eigenvalue weighted by Gasteiger charge is -2.15. The predicted molar refractivity (Wildman–Crippen MR) is 84.9 cm³/mol. The number of aromatic nitrogens is 1. The van der Waals surface area contributed by atoms with E-state index in [0.29, 0.717) is 18.2 Å². The molecule has 2 heterocycles. The Labute approximate surface area is 129 Å². The average molecular weight is 299 g/mol. The zero-order chi connectivity index (χ0) is 15.3. The van der Waals surface area contributed by atoms with Crippen molar-refractivity contribution in [1.82, 2.24) is 9.88 Å². The SMILES string of the molecule is COc1ccc2[nH]c(C(=O)N3C[C@@H](N)[C@H](C4CC4)C3)cc2c1. The third-order valence-corrected chi connectivity index (χ3v) is 4.99. The number of ether oxygens (including phenoxy) is 1. The molecular weight excluding hydrogens is 278 g/mol. The maximum absolute atomic E-state index is 12.7. The largest absolute Gasteiger partial charge is 0.497 e. The molecule has 2 aliphatic rings. The molecule has 1 aliphatic carbocycles. The van der Waals surface area contributed by atoms with Crippen LogP contribution in [0.4, 0.5) is 0 Å². The molecular formula is C17H21N3O2. The average Bonchev–Trinajstić information content (AvgIpc) is 3.16. The molecule has 1 aromatic carbocycles. The minimum atomic E-state index is 0.0498. The molecule has 3 N–H and O–H groups in total. The van der Waals surface area contributed by atoms with Crippen LogP contribution in [0.1, 0.15) is 23.3 Å². The van der Waals surface area contributed by atoms with Crippen LogP contribution in [0.2, 0.25) is 0 Å². The van der Waals surface area contributed by atoms with Gasteiger partial charge >= 0.3 is 0 Å². The van der Waals surface area contributed by atoms with E-state index in [2.05, 4.69) is 4.98 Å². The Morgan fingerprint density at radius 2 is 2.14 bits per heavy atom. The fraction of sp³-hybridized carbons (Fsp3) is 0.471. The van der Waals surface area contributed by atoms with E-state index >= 15 is 0 Å². The van der Waals surface area contributed by atoms with Gasteiger partial charge in [-0.1, -0.05) is 0 Å². The standard InChI is InChI=1S/C17H21N3O2/c1-22-12-4-5-15-11(6-12)7-16(19-15)17(21)20-8-13(10-2-3-10)14(18)9-20/h4-7,10,13-14,19H,2-3,8-9,18H2,1H3/t13-,14+/m0/s1. The topological polar surface area (TPSA) is 71.4 Å². The van der Waals surface area contributed by atoms with E-state index in [1.54, 1.807) is 7.11 Å². The number of carbonyl (C=O) groups excluding carboxylic acids is 1. The van der Waals surface area contributed by atoms with Crippen LogP contribution < -0.4 is 10.5 Å². The smallest absolute Gasteiger partial charge is 0.270 e. The number of nitrogens with two attached hydrogens (primary N) is 1. The predicted octanol–water partition coefficient (Wildman–Crippen LogP) is 1.99. The molecule has 1 aliphatic heterocycles. The van der Waals surface area contributed by atoms with Crippen LogP contribution in [-0.2, 0) is 0 Å². The Morgan fingerprint density at radius 1 is 1.32 bits per heavy atom. The van der Waals surface area contributed by atoms with Gasteiger partial charge in [-0.05, 0) is 48.9 Å². The van der Waals surface area contributed by atoms with Crippen molar-refractivity contribution >= 4 is 16.8 Å². The van der Waals surface area contributed by atoms with Gasteiger partial charge in [-0.3, -0.25) is 4.79 Å². The van der Waals surface area contributed by atoms with E-state index in [-0.39, 0.29) is 11.9 Å². The van der Waals surface area contributed by atoms with Crippen LogP contribution in [-0.4, -0.2) is 42.0 Å². The van der Waals surface area contributed by atoms with Crippen molar-refractivity contribution in [2.45, 2.75) is 18.9 Å². The fourth-order valence-corrected chi connectivity index (χ4v) is 3.57. The molecule has 1 saturated carbocycles. The maximum Gasteiger partial charge on any atom is 0.270 e. The first-order valence-corrected chi connectivity index (χ1v) is 7.87. The molecule has 1 aromatic heterocycles. The summed E-state index contributed by atoms with van der Waals surface area (Å²) in [5.41, 5.74) is 7.80. The van der Waals surface area contributed by atoms with Crippen molar-refractivity contribution in [3.05, 3.63) is 30.0 Å². The molecule has 0 spiro atoms. The molecule has 1 saturated heterocycles. The normalized spacial score (nSPS) is 24.9. The lowest BCUT2D eigenvalue weighted by atomic mass is 9.99. The van der Waals surface area contributed by atoms with Gasteiger partial charge in [0.1, 0.15) is 11.4 Å². The first kappa shape index (κ1) is 13.6. The minimum Gasteiger partial charge on any atom is -0.497 e. The minimum absolute atomic E-state index is 0.0498. The Morgan fingerprint density at radius 3 is 2.86 bits per heavy atom. The van der Waals surface area contributed by atoms with E-state index < -0.39 is 0 Å². The van der Waals surface area contributed by atoms with Crippen molar-refractivity contribution in [2.75, 3.05) is 20.2 Å². The summed E-state index contributed by atoms with van der Waals surface area (Å²) in [6.07, 6.45) is 2.54. The van der Waals surface area contributed by atoms with Crippen molar-refractivity contribution in [2.24, 2.45) is 17.6 Å². The molecule has 5 nitrogen and oxygen atoms in total. The van der Waals surface area contributed by atoms with E-state index in [9.17, 15) is 4.79 Å². The second-order valence-electron chi connectivity index (χ2n) is 6.51. The monoisotopic (exact) mass is 299 g/mol. The van der Waals surface area contributed by atoms with E-state index in [0.717, 1.165) is 29.1 Å². The van der Waals surface area contributed by atoms with Gasteiger partial charge in [0.05, 0.1) is 7.11 Å². The van der Waals surface area contributed by atoms with Gasteiger partial charge < -0.3 is 20.4 Å². The molecule has 0 unspecified atom stereocenters. The van der Waals surface area contributed by atoms with Crippen LogP contribution in [0.3, 0.4) is 0 Å². The van der Waals surface area contributed by atoms with Gasteiger partial charge in [0.15, 0.2) is 0 Å². The first-order valence-electron chi connectivity index (χ1n) is 7.87. The summed E-state index contributed by atoms with van der Waals surface area (Å²) in [5.74, 6) is 2.06. The highest BCUT2D eigenvalue weighted by Gasteiger charge is 2.42. The zero-order valence-corrected chi connectivity index (χ0v) is 12.7. The zero-order valence-electron chi connectivity index (χ0n) is 12.7. The van der Waals surface area contributed by atoms with Crippen LogP contribution in [0.15, 0.2) is 24.3 Å². The van der Waals surface area contributed by atoms with Crippen LogP contribution in [0.5, 0.6) is 5.75 Å². The quantitative estimate of drug-likeness (QED) is 0.910. The van der Waals surface area contributed by atoms with E-state index in [1.165, 1.54) is 12.8 Å². The highest BCUT2D eigenvalue weighted by Crippen LogP contribution is 2.41. The number of nitrogens with one attached hydrogen (secondary N) is 1. The Balaban J connectivity index is 1.57. The molecule has 5 heteroatoms. The number of amides is 1. The molecule has 4 rings (SSSR count). The number of aromatic amines is 1. The van der Waals surface area contributed by atoms with E-state index in [4.69, 9.17) is 10.5 Å². The van der Waals surface area contributed by atoms with Gasteiger partial charge in [-0.25, -0.2) is 0 Å². The number of likely N-dealkylation sites (tertiary alicyclic amines) is 1. The number of benzene rings is 1. The fourth-order valence-electron chi connectivity index (χ4n) is 3.57. The highest BCUT2D eigenvalue weighted by molar-refractivity contribution is 5.98. The van der Waals surface area contributed by atoms with Crippen molar-refractivity contribution < 1.29 is 9.53 Å². The Hall–Kier alpha value is -2.01. The summed E-state index contributed by atoms with van der Waals surface area (Å²) in [6.45, 7) is 1.46. The summed E-state index contributed by atoms with van der Waals surface area (Å²) >= 11 is 0. The van der Waals surface area contributed by atoms with Crippen LogP contribution in [0.25, 0.3) is 10.9 Å². The molecule has 2 aromatic rings. The van der Waals surface area contributed by atoms with Crippen molar-refractivity contribution in [3.8, 4) is 5.75 Å². The Kier molecular flexibility index (Phi) is 3.11. The molecule has 0 radical (unpaired) electrons. The molecule has 1 amide bonds. The van der Waals surface area contributed by atoms with Crippen molar-refractivity contribution in [1.29, 1.82) is 0 Å².